The molecule has 0 unspecified atom stereocenters. The summed E-state index contributed by atoms with van der Waals surface area (Å²) >= 11 is 9.47. The van der Waals surface area contributed by atoms with Gasteiger partial charge in [0.25, 0.3) is 5.91 Å². The van der Waals surface area contributed by atoms with Crippen LogP contribution in [0, 0.1) is 0 Å². The highest BCUT2D eigenvalue weighted by Crippen LogP contribution is 2.27. The van der Waals surface area contributed by atoms with Crippen LogP contribution >= 0.6 is 27.5 Å². The van der Waals surface area contributed by atoms with Gasteiger partial charge in [-0.2, -0.15) is 0 Å². The molecule has 2 aromatic rings. The third-order valence-corrected chi connectivity index (χ3v) is 5.10. The molecule has 0 atom stereocenters. The molecule has 0 radical (unpaired) electrons. The molecule has 0 spiro atoms. The number of benzene rings is 2. The normalized spacial score (nSPS) is 13.9. The number of nitrogens with one attached hydrogen (secondary N) is 1. The van der Waals surface area contributed by atoms with E-state index in [9.17, 15) is 9.59 Å². The zero-order valence-corrected chi connectivity index (χ0v) is 17.7. The van der Waals surface area contributed by atoms with Gasteiger partial charge in [0.05, 0.1) is 41.7 Å². The van der Waals surface area contributed by atoms with E-state index in [0.717, 1.165) is 10.2 Å². The molecule has 0 bridgehead atoms. The Hall–Kier alpha value is -2.09. The molecule has 3 rings (SSSR count). The predicted molar refractivity (Wildman–Crippen MR) is 113 cm³/mol. The van der Waals surface area contributed by atoms with Gasteiger partial charge in [-0.05, 0) is 43.3 Å². The van der Waals surface area contributed by atoms with Gasteiger partial charge in [0.15, 0.2) is 0 Å². The number of rotatable bonds is 5. The minimum absolute atomic E-state index is 0.269. The number of anilines is 2. The molecule has 1 amide bonds. The number of hydrogen-bond donors (Lipinski definition) is 1. The molecule has 0 aromatic heterocycles. The van der Waals surface area contributed by atoms with Gasteiger partial charge >= 0.3 is 5.97 Å². The van der Waals surface area contributed by atoms with Gasteiger partial charge in [0.2, 0.25) is 0 Å². The van der Waals surface area contributed by atoms with Crippen molar-refractivity contribution < 1.29 is 19.1 Å². The number of nitrogens with zero attached hydrogens (tertiary/aromatic N) is 1. The lowest BCUT2D eigenvalue weighted by Gasteiger charge is -2.30. The smallest absolute Gasteiger partial charge is 0.340 e. The van der Waals surface area contributed by atoms with Gasteiger partial charge in [0.1, 0.15) is 0 Å². The van der Waals surface area contributed by atoms with Gasteiger partial charge in [-0.15, -0.1) is 0 Å². The van der Waals surface area contributed by atoms with E-state index in [1.54, 1.807) is 37.3 Å². The Morgan fingerprint density at radius 1 is 1.18 bits per heavy atom. The second-order valence-electron chi connectivity index (χ2n) is 6.13. The Balaban J connectivity index is 1.89. The van der Waals surface area contributed by atoms with E-state index in [4.69, 9.17) is 21.1 Å². The molecule has 1 saturated heterocycles. The van der Waals surface area contributed by atoms with Crippen LogP contribution in [0.15, 0.2) is 40.9 Å². The lowest BCUT2D eigenvalue weighted by molar-refractivity contribution is 0.0526. The maximum Gasteiger partial charge on any atom is 0.340 e. The van der Waals surface area contributed by atoms with E-state index < -0.39 is 5.97 Å². The van der Waals surface area contributed by atoms with Crippen molar-refractivity contribution in [1.82, 2.24) is 0 Å². The van der Waals surface area contributed by atoms with Gasteiger partial charge in [-0.3, -0.25) is 4.79 Å². The molecule has 1 fully saturated rings. The Morgan fingerprint density at radius 2 is 1.93 bits per heavy atom. The summed E-state index contributed by atoms with van der Waals surface area (Å²) in [6.45, 7) is 4.60. The monoisotopic (exact) mass is 466 g/mol. The summed E-state index contributed by atoms with van der Waals surface area (Å²) in [6.07, 6.45) is 0. The van der Waals surface area contributed by atoms with Crippen LogP contribution in [0.5, 0.6) is 0 Å². The van der Waals surface area contributed by atoms with E-state index in [-0.39, 0.29) is 12.5 Å². The number of hydrogen-bond acceptors (Lipinski definition) is 5. The van der Waals surface area contributed by atoms with Crippen LogP contribution in [0.3, 0.4) is 0 Å². The summed E-state index contributed by atoms with van der Waals surface area (Å²) in [5.41, 5.74) is 1.99. The molecule has 8 heteroatoms. The summed E-state index contributed by atoms with van der Waals surface area (Å²) in [5.74, 6) is -0.791. The van der Waals surface area contributed by atoms with E-state index in [2.05, 4.69) is 26.1 Å². The van der Waals surface area contributed by atoms with Crippen molar-refractivity contribution in [3.63, 3.8) is 0 Å². The van der Waals surface area contributed by atoms with Crippen LogP contribution in [0.1, 0.15) is 27.6 Å². The van der Waals surface area contributed by atoms with E-state index in [0.29, 0.717) is 48.1 Å². The molecular formula is C20H20BrClN2O4. The first-order valence-corrected chi connectivity index (χ1v) is 10.1. The van der Waals surface area contributed by atoms with Gasteiger partial charge < -0.3 is 19.7 Å². The van der Waals surface area contributed by atoms with Crippen molar-refractivity contribution in [2.75, 3.05) is 43.1 Å². The van der Waals surface area contributed by atoms with E-state index >= 15 is 0 Å². The van der Waals surface area contributed by atoms with Crippen molar-refractivity contribution in [1.29, 1.82) is 0 Å². The third-order valence-electron chi connectivity index (χ3n) is 4.27. The van der Waals surface area contributed by atoms with E-state index in [1.807, 2.05) is 6.07 Å². The van der Waals surface area contributed by atoms with Crippen LogP contribution in [-0.4, -0.2) is 44.8 Å². The van der Waals surface area contributed by atoms with Gasteiger partial charge in [-0.1, -0.05) is 27.5 Å². The summed E-state index contributed by atoms with van der Waals surface area (Å²) in [5, 5.41) is 3.14. The largest absolute Gasteiger partial charge is 0.462 e. The molecule has 0 aliphatic carbocycles. The number of ether oxygens (including phenoxy) is 2. The van der Waals surface area contributed by atoms with Crippen LogP contribution in [0.4, 0.5) is 11.4 Å². The van der Waals surface area contributed by atoms with Crippen molar-refractivity contribution in [2.24, 2.45) is 0 Å². The predicted octanol–water partition coefficient (Wildman–Crippen LogP) is 4.37. The fraction of sp³-hybridized carbons (Fsp3) is 0.300. The Labute approximate surface area is 176 Å². The van der Waals surface area contributed by atoms with Crippen LogP contribution in [0.2, 0.25) is 5.02 Å². The number of morpholine rings is 1. The number of carbonyl (C=O) groups excluding carboxylic acids is 2. The number of amides is 1. The highest BCUT2D eigenvalue weighted by Gasteiger charge is 2.21. The topological polar surface area (TPSA) is 67.9 Å². The SMILES string of the molecule is CCOC(=O)c1cc(NC(=O)c2cc(Br)ccc2Cl)ccc1N1CCOCC1. The Kier molecular flexibility index (Phi) is 6.93. The molecule has 6 nitrogen and oxygen atoms in total. The van der Waals surface area contributed by atoms with Crippen molar-refractivity contribution >= 4 is 50.8 Å². The molecule has 1 heterocycles. The molecule has 1 N–H and O–H groups in total. The Morgan fingerprint density at radius 3 is 2.64 bits per heavy atom. The third kappa shape index (κ3) is 4.84. The molecule has 2 aromatic carbocycles. The molecular weight excluding hydrogens is 448 g/mol. The fourth-order valence-corrected chi connectivity index (χ4v) is 3.50. The maximum atomic E-state index is 12.6. The minimum atomic E-state index is -0.430. The first-order chi connectivity index (χ1) is 13.5. The second-order valence-corrected chi connectivity index (χ2v) is 7.45. The highest BCUT2D eigenvalue weighted by molar-refractivity contribution is 9.10. The average molecular weight is 468 g/mol. The zero-order valence-electron chi connectivity index (χ0n) is 15.3. The average Bonchev–Trinajstić information content (AvgIpc) is 2.70. The number of esters is 1. The van der Waals surface area contributed by atoms with Crippen LogP contribution in [0.25, 0.3) is 0 Å². The summed E-state index contributed by atoms with van der Waals surface area (Å²) in [4.78, 5) is 27.2. The lowest BCUT2D eigenvalue weighted by atomic mass is 10.1. The van der Waals surface area contributed by atoms with Crippen molar-refractivity contribution in [3.05, 3.63) is 57.0 Å². The van der Waals surface area contributed by atoms with Crippen LogP contribution in [-0.2, 0) is 9.47 Å². The van der Waals surface area contributed by atoms with Crippen molar-refractivity contribution in [3.8, 4) is 0 Å². The first-order valence-electron chi connectivity index (χ1n) is 8.90. The maximum absolute atomic E-state index is 12.6. The summed E-state index contributed by atoms with van der Waals surface area (Å²) in [6, 6.07) is 10.3. The molecule has 1 aliphatic heterocycles. The Bertz CT molecular complexity index is 885. The van der Waals surface area contributed by atoms with Gasteiger partial charge in [0, 0.05) is 23.2 Å². The van der Waals surface area contributed by atoms with Crippen LogP contribution < -0.4 is 10.2 Å². The quantitative estimate of drug-likeness (QED) is 0.662. The first kappa shape index (κ1) is 20.6. The fourth-order valence-electron chi connectivity index (χ4n) is 2.94. The lowest BCUT2D eigenvalue weighted by Crippen LogP contribution is -2.37. The van der Waals surface area contributed by atoms with E-state index in [1.165, 1.54) is 0 Å². The summed E-state index contributed by atoms with van der Waals surface area (Å²) < 4.78 is 11.3. The van der Waals surface area contributed by atoms with Crippen molar-refractivity contribution in [2.45, 2.75) is 6.92 Å². The number of halogens is 2. The van der Waals surface area contributed by atoms with Gasteiger partial charge in [-0.25, -0.2) is 4.79 Å². The molecule has 0 saturated carbocycles. The second kappa shape index (κ2) is 9.41. The number of carbonyl (C=O) groups is 2. The molecule has 148 valence electrons. The molecule has 28 heavy (non-hydrogen) atoms. The summed E-state index contributed by atoms with van der Waals surface area (Å²) in [7, 11) is 0. The highest BCUT2D eigenvalue weighted by atomic mass is 79.9. The minimum Gasteiger partial charge on any atom is -0.462 e. The molecule has 1 aliphatic rings. The zero-order chi connectivity index (χ0) is 20.1. The standard InChI is InChI=1S/C20H20BrClN2O4/c1-2-28-20(26)16-12-14(4-6-18(16)24-7-9-27-10-8-24)23-19(25)15-11-13(21)3-5-17(15)22/h3-6,11-12H,2,7-10H2,1H3,(H,23,25).